The zero-order valence-electron chi connectivity index (χ0n) is 16.4. The maximum Gasteiger partial charge on any atom is 0.103 e. The Bertz CT molecular complexity index is 984. The van der Waals surface area contributed by atoms with Crippen molar-refractivity contribution in [2.45, 2.75) is 29.5 Å². The van der Waals surface area contributed by atoms with E-state index in [1.165, 1.54) is 10.3 Å². The van der Waals surface area contributed by atoms with Crippen LogP contribution in [0.25, 0.3) is 22.2 Å². The molecule has 0 aliphatic carbocycles. The average molecular weight is 399 g/mol. The summed E-state index contributed by atoms with van der Waals surface area (Å²) < 4.78 is 2.11. The molecule has 0 spiro atoms. The molecule has 28 heavy (non-hydrogen) atoms. The van der Waals surface area contributed by atoms with E-state index in [1.807, 2.05) is 12.4 Å². The van der Waals surface area contributed by atoms with E-state index in [0.29, 0.717) is 6.54 Å². The van der Waals surface area contributed by atoms with Gasteiger partial charge in [-0.25, -0.2) is 0 Å². The predicted molar refractivity (Wildman–Crippen MR) is 114 cm³/mol. The third-order valence-electron chi connectivity index (χ3n) is 4.76. The summed E-state index contributed by atoms with van der Waals surface area (Å²) in [6, 6.07) is 6.34. The largest absolute Gasteiger partial charge is 0.383 e. The fourth-order valence-electron chi connectivity index (χ4n) is 3.38. The molecule has 3 heterocycles. The maximum absolute atomic E-state index is 9.37. The zero-order valence-corrected chi connectivity index (χ0v) is 17.3. The molecule has 1 atom stereocenters. The molecule has 2 aromatic heterocycles. The Labute approximate surface area is 169 Å². The minimum Gasteiger partial charge on any atom is -0.383 e. The number of benzene rings is 1. The second-order valence-corrected chi connectivity index (χ2v) is 8.29. The van der Waals surface area contributed by atoms with Crippen LogP contribution in [0.2, 0.25) is 0 Å². The summed E-state index contributed by atoms with van der Waals surface area (Å²) in [4.78, 5) is 8.80. The Kier molecular flexibility index (Phi) is 5.54. The van der Waals surface area contributed by atoms with Crippen LogP contribution in [0.4, 0.5) is 5.69 Å². The lowest BCUT2D eigenvalue weighted by Crippen LogP contribution is -2.30. The van der Waals surface area contributed by atoms with Gasteiger partial charge in [0.15, 0.2) is 0 Å². The molecule has 1 aromatic carbocycles. The molecule has 0 fully saturated rings. The summed E-state index contributed by atoms with van der Waals surface area (Å²) in [6.07, 6.45) is 3.25. The van der Waals surface area contributed by atoms with Crippen molar-refractivity contribution in [1.29, 1.82) is 0 Å². The quantitative estimate of drug-likeness (QED) is 0.311. The fraction of sp³-hybridized carbons (Fsp3) is 0.400. The van der Waals surface area contributed by atoms with Crippen molar-refractivity contribution in [3.05, 3.63) is 30.6 Å². The number of pyridine rings is 1. The number of rotatable bonds is 8. The SMILES string of the molecule is CC(O)NCCNc1ccc2c3c(nn2CCN(C)C)-c2ccncc2Sc13. The van der Waals surface area contributed by atoms with Crippen molar-refractivity contribution in [3.63, 3.8) is 0 Å². The van der Waals surface area contributed by atoms with Crippen molar-refractivity contribution in [1.82, 2.24) is 25.0 Å². The number of nitrogens with zero attached hydrogens (tertiary/aromatic N) is 4. The highest BCUT2D eigenvalue weighted by Gasteiger charge is 2.26. The van der Waals surface area contributed by atoms with Gasteiger partial charge in [0.1, 0.15) is 11.9 Å². The predicted octanol–water partition coefficient (Wildman–Crippen LogP) is 2.46. The van der Waals surface area contributed by atoms with Gasteiger partial charge < -0.3 is 15.3 Å². The Balaban J connectivity index is 1.73. The fourth-order valence-corrected chi connectivity index (χ4v) is 4.55. The van der Waals surface area contributed by atoms with Crippen LogP contribution in [0.1, 0.15) is 6.92 Å². The van der Waals surface area contributed by atoms with Gasteiger partial charge >= 0.3 is 0 Å². The number of hydrogen-bond donors (Lipinski definition) is 3. The molecular formula is C20H26N6OS. The Morgan fingerprint density at radius 1 is 1.25 bits per heavy atom. The standard InChI is InChI=1S/C20H26N6OS/c1-13(27)22-8-9-23-15-4-5-16-18-19(24-26(16)11-10-25(2)3)14-6-7-21-12-17(14)28-20(15)18/h4-7,12-13,22-23,27H,8-11H2,1-3H3. The number of aliphatic hydroxyl groups excluding tert-OH is 1. The zero-order chi connectivity index (χ0) is 19.7. The lowest BCUT2D eigenvalue weighted by atomic mass is 10.1. The summed E-state index contributed by atoms with van der Waals surface area (Å²) in [5, 5.41) is 22.1. The Morgan fingerprint density at radius 3 is 2.89 bits per heavy atom. The molecule has 3 aromatic rings. The molecule has 3 N–H and O–H groups in total. The first-order chi connectivity index (χ1) is 13.5. The molecule has 0 radical (unpaired) electrons. The highest BCUT2D eigenvalue weighted by molar-refractivity contribution is 8.00. The minimum atomic E-state index is -0.503. The van der Waals surface area contributed by atoms with Crippen LogP contribution >= 0.6 is 11.8 Å². The number of nitrogens with one attached hydrogen (secondary N) is 2. The summed E-state index contributed by atoms with van der Waals surface area (Å²) >= 11 is 1.75. The van der Waals surface area contributed by atoms with Gasteiger partial charge in [0, 0.05) is 58.5 Å². The number of aromatic nitrogens is 3. The lowest BCUT2D eigenvalue weighted by Gasteiger charge is -2.19. The molecule has 1 aliphatic rings. The number of anilines is 1. The topological polar surface area (TPSA) is 78.2 Å². The first kappa shape index (κ1) is 19.2. The number of likely N-dealkylation sites (N-methyl/N-ethyl adjacent to an activating group) is 1. The normalized spacial score (nSPS) is 13.8. The van der Waals surface area contributed by atoms with Gasteiger partial charge in [-0.15, -0.1) is 0 Å². The van der Waals surface area contributed by atoms with Gasteiger partial charge in [0.2, 0.25) is 0 Å². The molecule has 0 amide bonds. The first-order valence-electron chi connectivity index (χ1n) is 9.50. The molecule has 1 aliphatic heterocycles. The van der Waals surface area contributed by atoms with Gasteiger partial charge in [-0.05, 0) is 39.2 Å². The van der Waals surface area contributed by atoms with Gasteiger partial charge in [0.25, 0.3) is 0 Å². The van der Waals surface area contributed by atoms with E-state index in [2.05, 4.69) is 57.5 Å². The summed E-state index contributed by atoms with van der Waals surface area (Å²) in [5.74, 6) is 0. The molecule has 0 bridgehead atoms. The molecule has 1 unspecified atom stereocenters. The van der Waals surface area contributed by atoms with Gasteiger partial charge in [-0.2, -0.15) is 5.10 Å². The van der Waals surface area contributed by atoms with E-state index in [0.717, 1.165) is 47.0 Å². The molecular weight excluding hydrogens is 372 g/mol. The first-order valence-corrected chi connectivity index (χ1v) is 10.3. The van der Waals surface area contributed by atoms with E-state index in [-0.39, 0.29) is 0 Å². The highest BCUT2D eigenvalue weighted by atomic mass is 32.2. The third kappa shape index (κ3) is 3.73. The van der Waals surface area contributed by atoms with Crippen LogP contribution in [0.15, 0.2) is 40.4 Å². The maximum atomic E-state index is 9.37. The Hall–Kier alpha value is -2.13. The average Bonchev–Trinajstić information content (AvgIpc) is 3.05. The number of aliphatic hydroxyl groups is 1. The van der Waals surface area contributed by atoms with E-state index in [4.69, 9.17) is 5.10 Å². The minimum absolute atomic E-state index is 0.503. The number of fused-ring (bicyclic) bond motifs is 2. The second-order valence-electron chi connectivity index (χ2n) is 7.24. The molecule has 8 heteroatoms. The van der Waals surface area contributed by atoms with Gasteiger partial charge in [-0.1, -0.05) is 11.8 Å². The van der Waals surface area contributed by atoms with Crippen molar-refractivity contribution >= 4 is 28.4 Å². The van der Waals surface area contributed by atoms with Crippen molar-refractivity contribution in [3.8, 4) is 11.3 Å². The third-order valence-corrected chi connectivity index (χ3v) is 5.94. The van der Waals surface area contributed by atoms with Crippen molar-refractivity contribution < 1.29 is 5.11 Å². The van der Waals surface area contributed by atoms with Crippen LogP contribution in [-0.4, -0.2) is 64.7 Å². The van der Waals surface area contributed by atoms with Crippen LogP contribution in [0, 0.1) is 0 Å². The second kappa shape index (κ2) is 8.08. The summed E-state index contributed by atoms with van der Waals surface area (Å²) in [6.45, 7) is 4.93. The van der Waals surface area contributed by atoms with Crippen molar-refractivity contribution in [2.75, 3.05) is 39.0 Å². The van der Waals surface area contributed by atoms with Crippen LogP contribution in [0.5, 0.6) is 0 Å². The molecule has 4 rings (SSSR count). The van der Waals surface area contributed by atoms with E-state index < -0.39 is 6.23 Å². The monoisotopic (exact) mass is 398 g/mol. The van der Waals surface area contributed by atoms with Crippen LogP contribution < -0.4 is 10.6 Å². The van der Waals surface area contributed by atoms with Crippen molar-refractivity contribution in [2.24, 2.45) is 0 Å². The van der Waals surface area contributed by atoms with E-state index in [9.17, 15) is 5.11 Å². The smallest absolute Gasteiger partial charge is 0.103 e. The summed E-state index contributed by atoms with van der Waals surface area (Å²) in [5.41, 5.74) is 4.43. The summed E-state index contributed by atoms with van der Waals surface area (Å²) in [7, 11) is 4.16. The van der Waals surface area contributed by atoms with Gasteiger partial charge in [0.05, 0.1) is 12.1 Å². The molecule has 7 nitrogen and oxygen atoms in total. The molecule has 0 saturated heterocycles. The van der Waals surface area contributed by atoms with Crippen LogP contribution in [0.3, 0.4) is 0 Å². The van der Waals surface area contributed by atoms with Crippen LogP contribution in [-0.2, 0) is 6.54 Å². The number of hydrogen-bond acceptors (Lipinski definition) is 7. The lowest BCUT2D eigenvalue weighted by molar-refractivity contribution is 0.159. The highest BCUT2D eigenvalue weighted by Crippen LogP contribution is 2.49. The van der Waals surface area contributed by atoms with E-state index >= 15 is 0 Å². The van der Waals surface area contributed by atoms with Gasteiger partial charge in [-0.3, -0.25) is 15.0 Å². The van der Waals surface area contributed by atoms with E-state index in [1.54, 1.807) is 18.7 Å². The Morgan fingerprint density at radius 2 is 2.11 bits per heavy atom. The molecule has 0 saturated carbocycles. The molecule has 148 valence electrons.